The van der Waals surface area contributed by atoms with Gasteiger partial charge in [0.1, 0.15) is 24.2 Å². The Morgan fingerprint density at radius 2 is 1.67 bits per heavy atom. The first kappa shape index (κ1) is 19.6. The van der Waals surface area contributed by atoms with Crippen molar-refractivity contribution in [2.75, 3.05) is 4.90 Å². The lowest BCUT2D eigenvalue weighted by Gasteiger charge is -2.24. The first-order valence-corrected chi connectivity index (χ1v) is 9.55. The molecule has 0 spiro atoms. The number of hydrogen-bond acceptors (Lipinski definition) is 4. The van der Waals surface area contributed by atoms with Crippen LogP contribution in [0.4, 0.5) is 14.9 Å². The van der Waals surface area contributed by atoms with Gasteiger partial charge in [-0.05, 0) is 54.4 Å². The highest BCUT2D eigenvalue weighted by molar-refractivity contribution is 5.97. The summed E-state index contributed by atoms with van der Waals surface area (Å²) in [6.45, 7) is 1.82. The van der Waals surface area contributed by atoms with Crippen molar-refractivity contribution >= 4 is 17.6 Å². The van der Waals surface area contributed by atoms with E-state index in [4.69, 9.17) is 9.47 Å². The Labute approximate surface area is 173 Å². The molecule has 1 aliphatic heterocycles. The van der Waals surface area contributed by atoms with Gasteiger partial charge in [-0.3, -0.25) is 9.69 Å². The van der Waals surface area contributed by atoms with Crippen LogP contribution in [0.15, 0.2) is 78.9 Å². The van der Waals surface area contributed by atoms with E-state index < -0.39 is 24.1 Å². The van der Waals surface area contributed by atoms with E-state index in [1.54, 1.807) is 24.3 Å². The first-order chi connectivity index (χ1) is 14.5. The smallest absolute Gasteiger partial charge is 0.415 e. The monoisotopic (exact) mass is 405 g/mol. The molecule has 1 amide bonds. The molecule has 3 aromatic rings. The second-order valence-corrected chi connectivity index (χ2v) is 7.05. The molecule has 0 aliphatic carbocycles. The minimum Gasteiger partial charge on any atom is -0.489 e. The zero-order valence-electron chi connectivity index (χ0n) is 16.3. The van der Waals surface area contributed by atoms with E-state index in [1.807, 2.05) is 30.3 Å². The van der Waals surface area contributed by atoms with E-state index in [0.29, 0.717) is 18.0 Å². The summed E-state index contributed by atoms with van der Waals surface area (Å²) in [5, 5.41) is 0. The van der Waals surface area contributed by atoms with E-state index in [2.05, 4.69) is 0 Å². The third-order valence-corrected chi connectivity index (χ3v) is 4.96. The number of Topliss-reactive ketones (excluding diaryl/α,β-unsaturated/α-hetero) is 1. The third-order valence-electron chi connectivity index (χ3n) is 4.96. The Hall–Kier alpha value is -3.67. The van der Waals surface area contributed by atoms with Gasteiger partial charge in [-0.15, -0.1) is 0 Å². The van der Waals surface area contributed by atoms with Crippen molar-refractivity contribution in [3.05, 3.63) is 95.8 Å². The minimum atomic E-state index is -0.946. The zero-order valence-corrected chi connectivity index (χ0v) is 16.3. The molecule has 0 aromatic heterocycles. The lowest BCUT2D eigenvalue weighted by atomic mass is 9.98. The van der Waals surface area contributed by atoms with Crippen LogP contribution in [0.5, 0.6) is 5.75 Å². The summed E-state index contributed by atoms with van der Waals surface area (Å²) >= 11 is 0. The largest absolute Gasteiger partial charge is 0.489 e. The number of anilines is 1. The number of nitrogens with zero attached hydrogens (tertiary/aromatic N) is 1. The summed E-state index contributed by atoms with van der Waals surface area (Å²) in [6, 6.07) is 21.9. The van der Waals surface area contributed by atoms with Gasteiger partial charge in [-0.2, -0.15) is 0 Å². The molecule has 1 aliphatic rings. The van der Waals surface area contributed by atoms with E-state index in [1.165, 1.54) is 36.1 Å². The molecular formula is C24H20FNO4. The van der Waals surface area contributed by atoms with Gasteiger partial charge in [0, 0.05) is 5.69 Å². The topological polar surface area (TPSA) is 55.8 Å². The maximum Gasteiger partial charge on any atom is 0.415 e. The third kappa shape index (κ3) is 4.03. The Morgan fingerprint density at radius 1 is 1.00 bits per heavy atom. The fourth-order valence-corrected chi connectivity index (χ4v) is 3.48. The number of amides is 1. The van der Waals surface area contributed by atoms with Crippen molar-refractivity contribution < 1.29 is 23.5 Å². The zero-order chi connectivity index (χ0) is 21.1. The maximum atomic E-state index is 13.3. The molecule has 5 nitrogen and oxygen atoms in total. The van der Waals surface area contributed by atoms with E-state index in [0.717, 1.165) is 11.1 Å². The molecule has 4 rings (SSSR count). The fraction of sp³-hybridized carbons (Fsp3) is 0.167. The van der Waals surface area contributed by atoms with Crippen molar-refractivity contribution in [3.63, 3.8) is 0 Å². The summed E-state index contributed by atoms with van der Waals surface area (Å²) in [7, 11) is 0. The second kappa shape index (κ2) is 8.37. The molecule has 152 valence electrons. The van der Waals surface area contributed by atoms with Crippen LogP contribution in [0.3, 0.4) is 0 Å². The highest BCUT2D eigenvalue weighted by Crippen LogP contribution is 2.38. The summed E-state index contributed by atoms with van der Waals surface area (Å²) in [5.41, 5.74) is 2.23. The molecular weight excluding hydrogens is 385 g/mol. The van der Waals surface area contributed by atoms with Crippen molar-refractivity contribution in [2.45, 2.75) is 25.7 Å². The fourth-order valence-electron chi connectivity index (χ4n) is 3.48. The van der Waals surface area contributed by atoms with Crippen LogP contribution in [-0.2, 0) is 16.1 Å². The summed E-state index contributed by atoms with van der Waals surface area (Å²) in [5.74, 6) is -0.00572. The van der Waals surface area contributed by atoms with Gasteiger partial charge in [0.05, 0.1) is 0 Å². The van der Waals surface area contributed by atoms with Gasteiger partial charge >= 0.3 is 6.09 Å². The Morgan fingerprint density at radius 3 is 2.30 bits per heavy atom. The van der Waals surface area contributed by atoms with E-state index >= 15 is 0 Å². The van der Waals surface area contributed by atoms with Gasteiger partial charge in [0.2, 0.25) is 0 Å². The number of carbonyl (C=O) groups excluding carboxylic acids is 2. The first-order valence-electron chi connectivity index (χ1n) is 9.55. The molecule has 0 radical (unpaired) electrons. The van der Waals surface area contributed by atoms with Crippen molar-refractivity contribution in [3.8, 4) is 5.75 Å². The SMILES string of the molecule is CC(=O)C1OC(=O)N(c2ccc(F)cc2)C1c1ccc(OCc2ccccc2)cc1. The number of benzene rings is 3. The molecule has 2 unspecified atom stereocenters. The molecule has 1 fully saturated rings. The van der Waals surface area contributed by atoms with E-state index in [9.17, 15) is 14.0 Å². The molecule has 1 saturated heterocycles. The van der Waals surface area contributed by atoms with Crippen LogP contribution < -0.4 is 9.64 Å². The highest BCUT2D eigenvalue weighted by atomic mass is 19.1. The molecule has 3 aromatic carbocycles. The van der Waals surface area contributed by atoms with Gasteiger partial charge in [0.15, 0.2) is 11.9 Å². The molecule has 1 heterocycles. The number of hydrogen-bond donors (Lipinski definition) is 0. The van der Waals surface area contributed by atoms with Gasteiger partial charge in [0.25, 0.3) is 0 Å². The van der Waals surface area contributed by atoms with E-state index in [-0.39, 0.29) is 5.78 Å². The Bertz CT molecular complexity index is 1040. The average molecular weight is 405 g/mol. The Kier molecular flexibility index (Phi) is 5.48. The van der Waals surface area contributed by atoms with Crippen LogP contribution >= 0.6 is 0 Å². The number of carbonyl (C=O) groups is 2. The molecule has 0 saturated carbocycles. The lowest BCUT2D eigenvalue weighted by Crippen LogP contribution is -2.31. The lowest BCUT2D eigenvalue weighted by molar-refractivity contribution is -0.124. The standard InChI is InChI=1S/C24H20FNO4/c1-16(27)23-22(26(24(28)30-23)20-11-9-19(25)10-12-20)18-7-13-21(14-8-18)29-15-17-5-3-2-4-6-17/h2-14,22-23H,15H2,1H3. The number of rotatable bonds is 6. The molecule has 0 bridgehead atoms. The number of ether oxygens (including phenoxy) is 2. The highest BCUT2D eigenvalue weighted by Gasteiger charge is 2.46. The quantitative estimate of drug-likeness (QED) is 0.575. The summed E-state index contributed by atoms with van der Waals surface area (Å²) in [4.78, 5) is 26.0. The van der Waals surface area contributed by atoms with Crippen LogP contribution in [-0.4, -0.2) is 18.0 Å². The Balaban J connectivity index is 1.59. The molecule has 6 heteroatoms. The number of halogens is 1. The molecule has 2 atom stereocenters. The van der Waals surface area contributed by atoms with Crippen molar-refractivity contribution in [2.24, 2.45) is 0 Å². The van der Waals surface area contributed by atoms with Gasteiger partial charge in [-0.1, -0.05) is 42.5 Å². The minimum absolute atomic E-state index is 0.262. The van der Waals surface area contributed by atoms with Crippen LogP contribution in [0.25, 0.3) is 0 Å². The van der Waals surface area contributed by atoms with Crippen LogP contribution in [0, 0.1) is 5.82 Å². The summed E-state index contributed by atoms with van der Waals surface area (Å²) in [6.07, 6.45) is -1.59. The van der Waals surface area contributed by atoms with Gasteiger partial charge in [-0.25, -0.2) is 9.18 Å². The normalized spacial score (nSPS) is 18.2. The molecule has 30 heavy (non-hydrogen) atoms. The average Bonchev–Trinajstić information content (AvgIpc) is 3.11. The predicted molar refractivity (Wildman–Crippen MR) is 110 cm³/mol. The molecule has 0 N–H and O–H groups in total. The van der Waals surface area contributed by atoms with Gasteiger partial charge < -0.3 is 9.47 Å². The second-order valence-electron chi connectivity index (χ2n) is 7.05. The number of cyclic esters (lactones) is 1. The number of ketones is 1. The predicted octanol–water partition coefficient (Wildman–Crippen LogP) is 5.06. The summed E-state index contributed by atoms with van der Waals surface area (Å²) < 4.78 is 24.5. The maximum absolute atomic E-state index is 13.3. The van der Waals surface area contributed by atoms with Crippen molar-refractivity contribution in [1.82, 2.24) is 0 Å². The van der Waals surface area contributed by atoms with Crippen molar-refractivity contribution in [1.29, 1.82) is 0 Å². The van der Waals surface area contributed by atoms with Crippen LogP contribution in [0.2, 0.25) is 0 Å². The van der Waals surface area contributed by atoms with Crippen LogP contribution in [0.1, 0.15) is 24.1 Å².